The summed E-state index contributed by atoms with van der Waals surface area (Å²) in [5.41, 5.74) is 0. The Morgan fingerprint density at radius 1 is 1.32 bits per heavy atom. The largest absolute Gasteiger partial charge is 0.333 e. The van der Waals surface area contributed by atoms with Crippen molar-refractivity contribution in [3.05, 3.63) is 22.4 Å². The lowest BCUT2D eigenvalue weighted by molar-refractivity contribution is 0.172. The van der Waals surface area contributed by atoms with Gasteiger partial charge in [-0.1, -0.05) is 18.9 Å². The van der Waals surface area contributed by atoms with Gasteiger partial charge in [0.15, 0.2) is 0 Å². The van der Waals surface area contributed by atoms with E-state index in [1.807, 2.05) is 6.07 Å². The topological polar surface area (TPSA) is 32.3 Å². The van der Waals surface area contributed by atoms with Crippen molar-refractivity contribution in [1.29, 1.82) is 0 Å². The van der Waals surface area contributed by atoms with Crippen molar-refractivity contribution in [2.24, 2.45) is 5.92 Å². The zero-order valence-electron chi connectivity index (χ0n) is 11.3. The minimum Gasteiger partial charge on any atom is -0.333 e. The van der Waals surface area contributed by atoms with E-state index in [-0.39, 0.29) is 6.03 Å². The van der Waals surface area contributed by atoms with E-state index in [4.69, 9.17) is 0 Å². The van der Waals surface area contributed by atoms with Crippen LogP contribution in [0.2, 0.25) is 0 Å². The molecular formula is C15H22N2OS. The minimum atomic E-state index is 0.141. The SMILES string of the molecule is O=C(NCc1cccs1)N1CCCC1C1CCCC1. The molecule has 1 saturated carbocycles. The molecule has 0 aromatic carbocycles. The second-order valence-electron chi connectivity index (χ2n) is 5.69. The molecule has 0 bridgehead atoms. The number of likely N-dealkylation sites (tertiary alicyclic amines) is 1. The molecular weight excluding hydrogens is 256 g/mol. The van der Waals surface area contributed by atoms with Crippen molar-refractivity contribution in [3.63, 3.8) is 0 Å². The molecule has 2 heterocycles. The van der Waals surface area contributed by atoms with Gasteiger partial charge < -0.3 is 10.2 Å². The van der Waals surface area contributed by atoms with Gasteiger partial charge in [-0.05, 0) is 43.0 Å². The average Bonchev–Trinajstić information content (AvgIpc) is 3.14. The number of hydrogen-bond acceptors (Lipinski definition) is 2. The Labute approximate surface area is 119 Å². The third-order valence-electron chi connectivity index (χ3n) is 4.50. The highest BCUT2D eigenvalue weighted by atomic mass is 32.1. The highest BCUT2D eigenvalue weighted by molar-refractivity contribution is 7.09. The van der Waals surface area contributed by atoms with Crippen LogP contribution in [-0.4, -0.2) is 23.5 Å². The van der Waals surface area contributed by atoms with Crippen LogP contribution in [0, 0.1) is 5.92 Å². The lowest BCUT2D eigenvalue weighted by atomic mass is 9.96. The first kappa shape index (κ1) is 13.0. The molecule has 4 heteroatoms. The summed E-state index contributed by atoms with van der Waals surface area (Å²) >= 11 is 1.70. The maximum Gasteiger partial charge on any atom is 0.317 e. The van der Waals surface area contributed by atoms with E-state index in [0.717, 1.165) is 12.5 Å². The number of carbonyl (C=O) groups is 1. The van der Waals surface area contributed by atoms with Gasteiger partial charge in [-0.2, -0.15) is 0 Å². The molecule has 3 nitrogen and oxygen atoms in total. The van der Waals surface area contributed by atoms with Crippen LogP contribution >= 0.6 is 11.3 Å². The first-order valence-corrected chi connectivity index (χ1v) is 8.29. The molecule has 1 saturated heterocycles. The second kappa shape index (κ2) is 5.95. The first-order chi connectivity index (χ1) is 9.34. The van der Waals surface area contributed by atoms with Crippen molar-refractivity contribution in [1.82, 2.24) is 10.2 Å². The van der Waals surface area contributed by atoms with E-state index in [9.17, 15) is 4.79 Å². The molecule has 1 N–H and O–H groups in total. The van der Waals surface area contributed by atoms with Gasteiger partial charge >= 0.3 is 6.03 Å². The van der Waals surface area contributed by atoms with Gasteiger partial charge in [0, 0.05) is 17.5 Å². The second-order valence-corrected chi connectivity index (χ2v) is 6.72. The fourth-order valence-corrected chi connectivity index (χ4v) is 4.20. The van der Waals surface area contributed by atoms with Crippen molar-refractivity contribution in [3.8, 4) is 0 Å². The number of amides is 2. The molecule has 1 aromatic heterocycles. The Hall–Kier alpha value is -1.03. The lowest BCUT2D eigenvalue weighted by Gasteiger charge is -2.29. The summed E-state index contributed by atoms with van der Waals surface area (Å²) in [6.07, 6.45) is 7.72. The Morgan fingerprint density at radius 3 is 2.89 bits per heavy atom. The van der Waals surface area contributed by atoms with E-state index in [0.29, 0.717) is 12.6 Å². The Morgan fingerprint density at radius 2 is 2.16 bits per heavy atom. The number of thiophene rings is 1. The normalized spacial score (nSPS) is 24.0. The Kier molecular flexibility index (Phi) is 4.06. The fourth-order valence-electron chi connectivity index (χ4n) is 3.55. The number of carbonyl (C=O) groups excluding carboxylic acids is 1. The number of nitrogens with zero attached hydrogens (tertiary/aromatic N) is 1. The molecule has 2 fully saturated rings. The van der Waals surface area contributed by atoms with E-state index < -0.39 is 0 Å². The number of rotatable bonds is 3. The molecule has 2 aliphatic rings. The molecule has 1 aromatic rings. The standard InChI is InChI=1S/C15H22N2OS/c18-15(16-11-13-7-4-10-19-13)17-9-3-8-14(17)12-5-1-2-6-12/h4,7,10,12,14H,1-3,5-6,8-9,11H2,(H,16,18). The zero-order chi connectivity index (χ0) is 13.1. The van der Waals surface area contributed by atoms with Crippen molar-refractivity contribution in [2.45, 2.75) is 51.1 Å². The lowest BCUT2D eigenvalue weighted by Crippen LogP contribution is -2.44. The summed E-state index contributed by atoms with van der Waals surface area (Å²) in [5.74, 6) is 0.759. The van der Waals surface area contributed by atoms with Crippen LogP contribution in [0.15, 0.2) is 17.5 Å². The molecule has 1 aliphatic heterocycles. The summed E-state index contributed by atoms with van der Waals surface area (Å²) in [5, 5.41) is 5.13. The van der Waals surface area contributed by atoms with Gasteiger partial charge in [-0.25, -0.2) is 4.79 Å². The van der Waals surface area contributed by atoms with Crippen LogP contribution in [-0.2, 0) is 6.54 Å². The Bertz CT molecular complexity index is 412. The predicted octanol–water partition coefficient (Wildman–Crippen LogP) is 3.61. The molecule has 19 heavy (non-hydrogen) atoms. The fraction of sp³-hybridized carbons (Fsp3) is 0.667. The van der Waals surface area contributed by atoms with Crippen LogP contribution in [0.4, 0.5) is 4.79 Å². The van der Waals surface area contributed by atoms with Crippen LogP contribution < -0.4 is 5.32 Å². The molecule has 0 radical (unpaired) electrons. The van der Waals surface area contributed by atoms with Gasteiger partial charge in [0.25, 0.3) is 0 Å². The van der Waals surface area contributed by atoms with E-state index in [1.54, 1.807) is 11.3 Å². The average molecular weight is 278 g/mol. The third kappa shape index (κ3) is 2.94. The third-order valence-corrected chi connectivity index (χ3v) is 5.37. The highest BCUT2D eigenvalue weighted by Gasteiger charge is 2.35. The molecule has 104 valence electrons. The molecule has 1 aliphatic carbocycles. The van der Waals surface area contributed by atoms with Crippen LogP contribution in [0.1, 0.15) is 43.4 Å². The molecule has 3 rings (SSSR count). The van der Waals surface area contributed by atoms with Gasteiger partial charge in [0.1, 0.15) is 0 Å². The quantitative estimate of drug-likeness (QED) is 0.900. The monoisotopic (exact) mass is 278 g/mol. The minimum absolute atomic E-state index is 0.141. The van der Waals surface area contributed by atoms with Crippen molar-refractivity contribution < 1.29 is 4.79 Å². The summed E-state index contributed by atoms with van der Waals surface area (Å²) in [4.78, 5) is 15.7. The number of urea groups is 1. The summed E-state index contributed by atoms with van der Waals surface area (Å²) in [7, 11) is 0. The highest BCUT2D eigenvalue weighted by Crippen LogP contribution is 2.35. The van der Waals surface area contributed by atoms with Gasteiger partial charge in [-0.3, -0.25) is 0 Å². The summed E-state index contributed by atoms with van der Waals surface area (Å²) in [6.45, 7) is 1.61. The Balaban J connectivity index is 1.55. The van der Waals surface area contributed by atoms with Crippen LogP contribution in [0.25, 0.3) is 0 Å². The van der Waals surface area contributed by atoms with Crippen LogP contribution in [0.5, 0.6) is 0 Å². The van der Waals surface area contributed by atoms with Crippen molar-refractivity contribution in [2.75, 3.05) is 6.54 Å². The smallest absolute Gasteiger partial charge is 0.317 e. The number of hydrogen-bond donors (Lipinski definition) is 1. The molecule has 0 spiro atoms. The van der Waals surface area contributed by atoms with Gasteiger partial charge in [0.2, 0.25) is 0 Å². The molecule has 1 atom stereocenters. The number of nitrogens with one attached hydrogen (secondary N) is 1. The first-order valence-electron chi connectivity index (χ1n) is 7.41. The van der Waals surface area contributed by atoms with Gasteiger partial charge in [-0.15, -0.1) is 11.3 Å². The van der Waals surface area contributed by atoms with E-state index >= 15 is 0 Å². The zero-order valence-corrected chi connectivity index (χ0v) is 12.1. The molecule has 2 amide bonds. The van der Waals surface area contributed by atoms with Crippen molar-refractivity contribution >= 4 is 17.4 Å². The van der Waals surface area contributed by atoms with E-state index in [1.165, 1.54) is 43.4 Å². The van der Waals surface area contributed by atoms with Crippen LogP contribution in [0.3, 0.4) is 0 Å². The maximum atomic E-state index is 12.3. The van der Waals surface area contributed by atoms with E-state index in [2.05, 4.69) is 21.7 Å². The molecule has 1 unspecified atom stereocenters. The van der Waals surface area contributed by atoms with Gasteiger partial charge in [0.05, 0.1) is 6.54 Å². The maximum absolute atomic E-state index is 12.3. The predicted molar refractivity (Wildman–Crippen MR) is 78.2 cm³/mol. The summed E-state index contributed by atoms with van der Waals surface area (Å²) in [6, 6.07) is 4.75. The summed E-state index contributed by atoms with van der Waals surface area (Å²) < 4.78 is 0.